The fraction of sp³-hybridized carbons (Fsp3) is 0.750. The van der Waals surface area contributed by atoms with Gasteiger partial charge in [0.2, 0.25) is 0 Å². The maximum Gasteiger partial charge on any atom is 0.132 e. The first-order chi connectivity index (χ1) is 5.98. The molecule has 0 aromatic carbocycles. The Balaban J connectivity index is 2.62. The monoisotopic (exact) mass is 180 g/mol. The van der Waals surface area contributed by atoms with Crippen molar-refractivity contribution >= 4 is 5.78 Å². The Hall–Kier alpha value is -0.590. The third-order valence-corrected chi connectivity index (χ3v) is 3.59. The van der Waals surface area contributed by atoms with Gasteiger partial charge in [-0.05, 0) is 24.2 Å². The van der Waals surface area contributed by atoms with E-state index in [4.69, 9.17) is 0 Å². The minimum absolute atomic E-state index is 0.185. The molecule has 1 rings (SSSR count). The number of hydrogen-bond acceptors (Lipinski definition) is 1. The SMILES string of the molecule is C=C1CC[C@H](CC(=O)CC)C1(C)C. The first-order valence-electron chi connectivity index (χ1n) is 5.18. The predicted molar refractivity (Wildman–Crippen MR) is 55.6 cm³/mol. The van der Waals surface area contributed by atoms with Crippen molar-refractivity contribution in [2.45, 2.75) is 46.5 Å². The Labute approximate surface area is 81.2 Å². The Morgan fingerprint density at radius 2 is 2.23 bits per heavy atom. The topological polar surface area (TPSA) is 17.1 Å². The molecule has 13 heavy (non-hydrogen) atoms. The molecular formula is C12H20O. The van der Waals surface area contributed by atoms with Crippen LogP contribution in [0.15, 0.2) is 12.2 Å². The summed E-state index contributed by atoms with van der Waals surface area (Å²) >= 11 is 0. The van der Waals surface area contributed by atoms with E-state index < -0.39 is 0 Å². The van der Waals surface area contributed by atoms with Gasteiger partial charge in [-0.25, -0.2) is 0 Å². The van der Waals surface area contributed by atoms with Crippen molar-refractivity contribution in [1.29, 1.82) is 0 Å². The zero-order valence-corrected chi connectivity index (χ0v) is 9.02. The molecule has 1 nitrogen and oxygen atoms in total. The summed E-state index contributed by atoms with van der Waals surface area (Å²) in [5.74, 6) is 0.931. The van der Waals surface area contributed by atoms with Gasteiger partial charge in [0.1, 0.15) is 5.78 Å². The summed E-state index contributed by atoms with van der Waals surface area (Å²) in [4.78, 5) is 11.3. The summed E-state index contributed by atoms with van der Waals surface area (Å²) in [6.45, 7) is 10.5. The molecule has 0 bridgehead atoms. The van der Waals surface area contributed by atoms with Gasteiger partial charge in [0.05, 0.1) is 0 Å². The van der Waals surface area contributed by atoms with Crippen molar-refractivity contribution < 1.29 is 4.79 Å². The third-order valence-electron chi connectivity index (χ3n) is 3.59. The highest BCUT2D eigenvalue weighted by molar-refractivity contribution is 5.78. The van der Waals surface area contributed by atoms with Gasteiger partial charge < -0.3 is 0 Å². The van der Waals surface area contributed by atoms with Gasteiger partial charge in [-0.3, -0.25) is 4.79 Å². The van der Waals surface area contributed by atoms with Crippen molar-refractivity contribution in [3.05, 3.63) is 12.2 Å². The van der Waals surface area contributed by atoms with Crippen LogP contribution in [-0.2, 0) is 4.79 Å². The standard InChI is InChI=1S/C12H20O/c1-5-11(13)8-10-7-6-9(2)12(10,3)4/h10H,2,5-8H2,1,3-4H3/t10-/m1/s1. The number of ketones is 1. The van der Waals surface area contributed by atoms with Gasteiger partial charge in [0.25, 0.3) is 0 Å². The molecule has 1 aliphatic rings. The smallest absolute Gasteiger partial charge is 0.132 e. The van der Waals surface area contributed by atoms with E-state index in [2.05, 4.69) is 20.4 Å². The average molecular weight is 180 g/mol. The largest absolute Gasteiger partial charge is 0.300 e. The molecule has 0 unspecified atom stereocenters. The molecule has 1 fully saturated rings. The molecule has 0 heterocycles. The summed E-state index contributed by atoms with van der Waals surface area (Å²) in [6.07, 6.45) is 3.69. The molecule has 0 aliphatic heterocycles. The molecule has 1 heteroatoms. The maximum absolute atomic E-state index is 11.3. The van der Waals surface area contributed by atoms with E-state index in [0.717, 1.165) is 19.3 Å². The highest BCUT2D eigenvalue weighted by atomic mass is 16.1. The number of rotatable bonds is 3. The van der Waals surface area contributed by atoms with E-state index in [1.54, 1.807) is 0 Å². The van der Waals surface area contributed by atoms with E-state index >= 15 is 0 Å². The quantitative estimate of drug-likeness (QED) is 0.609. The Bertz CT molecular complexity index is 225. The van der Waals surface area contributed by atoms with Crippen molar-refractivity contribution in [3.8, 4) is 0 Å². The zero-order valence-electron chi connectivity index (χ0n) is 9.02. The lowest BCUT2D eigenvalue weighted by atomic mass is 9.77. The number of carbonyl (C=O) groups is 1. The molecule has 0 N–H and O–H groups in total. The van der Waals surface area contributed by atoms with Crippen LogP contribution in [0.3, 0.4) is 0 Å². The highest BCUT2D eigenvalue weighted by Gasteiger charge is 2.37. The predicted octanol–water partition coefficient (Wildman–Crippen LogP) is 3.35. The molecule has 0 spiro atoms. The Morgan fingerprint density at radius 1 is 1.62 bits per heavy atom. The summed E-state index contributed by atoms with van der Waals surface area (Å²) < 4.78 is 0. The maximum atomic E-state index is 11.3. The second kappa shape index (κ2) is 3.65. The van der Waals surface area contributed by atoms with E-state index in [-0.39, 0.29) is 5.41 Å². The lowest BCUT2D eigenvalue weighted by Gasteiger charge is -2.27. The van der Waals surface area contributed by atoms with Crippen LogP contribution in [0.4, 0.5) is 0 Å². The number of Topliss-reactive ketones (excluding diaryl/α,β-unsaturated/α-hetero) is 1. The van der Waals surface area contributed by atoms with Crippen LogP contribution in [0.2, 0.25) is 0 Å². The van der Waals surface area contributed by atoms with Crippen LogP contribution >= 0.6 is 0 Å². The molecule has 1 saturated carbocycles. The number of hydrogen-bond donors (Lipinski definition) is 0. The van der Waals surface area contributed by atoms with E-state index in [9.17, 15) is 4.79 Å². The van der Waals surface area contributed by atoms with Gasteiger partial charge in [-0.2, -0.15) is 0 Å². The molecular weight excluding hydrogens is 160 g/mol. The van der Waals surface area contributed by atoms with E-state index in [1.807, 2.05) is 6.92 Å². The Morgan fingerprint density at radius 3 is 2.62 bits per heavy atom. The van der Waals surface area contributed by atoms with Crippen molar-refractivity contribution in [2.24, 2.45) is 11.3 Å². The fourth-order valence-corrected chi connectivity index (χ4v) is 2.10. The third kappa shape index (κ3) is 2.01. The van der Waals surface area contributed by atoms with Crippen LogP contribution in [0.1, 0.15) is 46.5 Å². The second-order valence-electron chi connectivity index (χ2n) is 4.66. The molecule has 0 radical (unpaired) electrons. The van der Waals surface area contributed by atoms with Crippen LogP contribution < -0.4 is 0 Å². The zero-order chi connectivity index (χ0) is 10.1. The first-order valence-corrected chi connectivity index (χ1v) is 5.18. The average Bonchev–Trinajstić information content (AvgIpc) is 2.31. The number of carbonyl (C=O) groups excluding carboxylic acids is 1. The second-order valence-corrected chi connectivity index (χ2v) is 4.66. The molecule has 1 aliphatic carbocycles. The Kier molecular flexibility index (Phi) is 2.94. The van der Waals surface area contributed by atoms with E-state index in [1.165, 1.54) is 5.57 Å². The summed E-state index contributed by atoms with van der Waals surface area (Å²) in [5, 5.41) is 0. The van der Waals surface area contributed by atoms with Crippen LogP contribution in [0, 0.1) is 11.3 Å². The number of allylic oxidation sites excluding steroid dienone is 1. The molecule has 0 aromatic heterocycles. The van der Waals surface area contributed by atoms with Gasteiger partial charge >= 0.3 is 0 Å². The minimum Gasteiger partial charge on any atom is -0.300 e. The van der Waals surface area contributed by atoms with Gasteiger partial charge in [-0.15, -0.1) is 0 Å². The minimum atomic E-state index is 0.185. The summed E-state index contributed by atoms with van der Waals surface area (Å²) in [7, 11) is 0. The normalized spacial score (nSPS) is 26.4. The first kappa shape index (κ1) is 10.5. The van der Waals surface area contributed by atoms with Crippen molar-refractivity contribution in [1.82, 2.24) is 0 Å². The fourth-order valence-electron chi connectivity index (χ4n) is 2.10. The van der Waals surface area contributed by atoms with E-state index in [0.29, 0.717) is 18.1 Å². The van der Waals surface area contributed by atoms with Crippen molar-refractivity contribution in [3.63, 3.8) is 0 Å². The lowest BCUT2D eigenvalue weighted by molar-refractivity contribution is -0.120. The molecule has 1 atom stereocenters. The molecule has 0 amide bonds. The van der Waals surface area contributed by atoms with Crippen molar-refractivity contribution in [2.75, 3.05) is 0 Å². The van der Waals surface area contributed by atoms with Gasteiger partial charge in [0.15, 0.2) is 0 Å². The molecule has 0 aromatic rings. The van der Waals surface area contributed by atoms with Crippen LogP contribution in [-0.4, -0.2) is 5.78 Å². The molecule has 0 saturated heterocycles. The van der Waals surface area contributed by atoms with Crippen LogP contribution in [0.5, 0.6) is 0 Å². The lowest BCUT2D eigenvalue weighted by Crippen LogP contribution is -2.21. The highest BCUT2D eigenvalue weighted by Crippen LogP contribution is 2.47. The van der Waals surface area contributed by atoms with Gasteiger partial charge in [-0.1, -0.05) is 32.9 Å². The van der Waals surface area contributed by atoms with Crippen LogP contribution in [0.25, 0.3) is 0 Å². The summed E-state index contributed by atoms with van der Waals surface area (Å²) in [6, 6.07) is 0. The van der Waals surface area contributed by atoms with Gasteiger partial charge in [0, 0.05) is 12.8 Å². The molecule has 74 valence electrons. The summed E-state index contributed by atoms with van der Waals surface area (Å²) in [5.41, 5.74) is 1.51.